The first-order chi connectivity index (χ1) is 11.1. The van der Waals surface area contributed by atoms with Crippen molar-refractivity contribution in [1.29, 1.82) is 0 Å². The Labute approximate surface area is 140 Å². The Balaban J connectivity index is 1.75. The summed E-state index contributed by atoms with van der Waals surface area (Å²) in [4.78, 5) is 12.6. The van der Waals surface area contributed by atoms with Gasteiger partial charge >= 0.3 is 0 Å². The fraction of sp³-hybridized carbons (Fsp3) is 0.0625. The molecule has 2 heterocycles. The fourth-order valence-corrected chi connectivity index (χ4v) is 3.22. The SMILES string of the molecule is Cc1c(C(=O)Nc2cccc3nsnc23)oc2ccc(Cl)cc12. The van der Waals surface area contributed by atoms with Crippen LogP contribution in [0.5, 0.6) is 0 Å². The molecule has 0 aliphatic heterocycles. The van der Waals surface area contributed by atoms with Gasteiger partial charge in [-0.15, -0.1) is 0 Å². The predicted molar refractivity (Wildman–Crippen MR) is 91.3 cm³/mol. The van der Waals surface area contributed by atoms with Gasteiger partial charge in [0.2, 0.25) is 0 Å². The number of hydrogen-bond acceptors (Lipinski definition) is 5. The van der Waals surface area contributed by atoms with Crippen LogP contribution in [0.2, 0.25) is 5.02 Å². The maximum Gasteiger partial charge on any atom is 0.291 e. The molecule has 4 aromatic rings. The Morgan fingerprint density at radius 3 is 3.00 bits per heavy atom. The third-order valence-electron chi connectivity index (χ3n) is 3.64. The molecule has 1 amide bonds. The van der Waals surface area contributed by atoms with E-state index in [2.05, 4.69) is 14.1 Å². The molecule has 0 atom stereocenters. The quantitative estimate of drug-likeness (QED) is 0.575. The number of amides is 1. The van der Waals surface area contributed by atoms with E-state index >= 15 is 0 Å². The summed E-state index contributed by atoms with van der Waals surface area (Å²) in [5, 5.41) is 4.28. The Kier molecular flexibility index (Phi) is 3.28. The number of halogens is 1. The van der Waals surface area contributed by atoms with Gasteiger partial charge in [0.05, 0.1) is 17.4 Å². The van der Waals surface area contributed by atoms with Crippen molar-refractivity contribution >= 4 is 56.9 Å². The highest BCUT2D eigenvalue weighted by Crippen LogP contribution is 2.29. The highest BCUT2D eigenvalue weighted by atomic mass is 35.5. The first-order valence-corrected chi connectivity index (χ1v) is 7.95. The second-order valence-electron chi connectivity index (χ2n) is 5.09. The summed E-state index contributed by atoms with van der Waals surface area (Å²) in [6.07, 6.45) is 0. The Morgan fingerprint density at radius 2 is 2.13 bits per heavy atom. The Hall–Kier alpha value is -2.44. The number of hydrogen-bond donors (Lipinski definition) is 1. The molecule has 0 saturated heterocycles. The van der Waals surface area contributed by atoms with Gasteiger partial charge in [-0.2, -0.15) is 8.75 Å². The van der Waals surface area contributed by atoms with Crippen molar-refractivity contribution in [2.75, 3.05) is 5.32 Å². The number of aryl methyl sites for hydroxylation is 1. The van der Waals surface area contributed by atoms with Crippen LogP contribution in [0.15, 0.2) is 40.8 Å². The van der Waals surface area contributed by atoms with E-state index in [1.165, 1.54) is 0 Å². The number of benzene rings is 2. The number of fused-ring (bicyclic) bond motifs is 2. The molecule has 2 aromatic heterocycles. The first-order valence-electron chi connectivity index (χ1n) is 6.85. The zero-order chi connectivity index (χ0) is 16.0. The molecule has 0 spiro atoms. The number of carbonyl (C=O) groups excluding carboxylic acids is 1. The maximum atomic E-state index is 12.6. The van der Waals surface area contributed by atoms with E-state index in [1.807, 2.05) is 19.1 Å². The average Bonchev–Trinajstić information content (AvgIpc) is 3.13. The van der Waals surface area contributed by atoms with Crippen LogP contribution in [0.25, 0.3) is 22.0 Å². The van der Waals surface area contributed by atoms with E-state index in [-0.39, 0.29) is 11.7 Å². The minimum Gasteiger partial charge on any atom is -0.451 e. The van der Waals surface area contributed by atoms with Gasteiger partial charge < -0.3 is 9.73 Å². The van der Waals surface area contributed by atoms with Crippen molar-refractivity contribution in [2.45, 2.75) is 6.92 Å². The van der Waals surface area contributed by atoms with Crippen molar-refractivity contribution in [2.24, 2.45) is 0 Å². The molecule has 0 fully saturated rings. The number of nitrogens with zero attached hydrogens (tertiary/aromatic N) is 2. The minimum absolute atomic E-state index is 0.266. The molecule has 7 heteroatoms. The molecule has 114 valence electrons. The summed E-state index contributed by atoms with van der Waals surface area (Å²) in [6, 6.07) is 10.7. The summed E-state index contributed by atoms with van der Waals surface area (Å²) in [5.41, 5.74) is 3.41. The minimum atomic E-state index is -0.324. The number of anilines is 1. The number of furan rings is 1. The standard InChI is InChI=1S/C16H10ClN3O2S/c1-8-10-7-9(17)5-6-13(10)22-15(8)16(21)18-11-3-2-4-12-14(11)20-23-19-12/h2-7H,1H3,(H,18,21). The molecule has 23 heavy (non-hydrogen) atoms. The molecule has 0 bridgehead atoms. The lowest BCUT2D eigenvalue weighted by Gasteiger charge is -2.04. The van der Waals surface area contributed by atoms with E-state index in [0.29, 0.717) is 21.8 Å². The van der Waals surface area contributed by atoms with E-state index in [9.17, 15) is 4.79 Å². The highest BCUT2D eigenvalue weighted by molar-refractivity contribution is 7.00. The summed E-state index contributed by atoms with van der Waals surface area (Å²) < 4.78 is 14.0. The summed E-state index contributed by atoms with van der Waals surface area (Å²) >= 11 is 7.11. The monoisotopic (exact) mass is 343 g/mol. The Morgan fingerprint density at radius 1 is 1.26 bits per heavy atom. The van der Waals surface area contributed by atoms with Crippen LogP contribution < -0.4 is 5.32 Å². The molecule has 1 N–H and O–H groups in total. The smallest absolute Gasteiger partial charge is 0.291 e. The lowest BCUT2D eigenvalue weighted by atomic mass is 10.1. The van der Waals surface area contributed by atoms with Gasteiger partial charge in [0.1, 0.15) is 16.6 Å². The lowest BCUT2D eigenvalue weighted by Crippen LogP contribution is -2.12. The molecular weight excluding hydrogens is 334 g/mol. The molecule has 0 unspecified atom stereocenters. The lowest BCUT2D eigenvalue weighted by molar-refractivity contribution is 0.0998. The third-order valence-corrected chi connectivity index (χ3v) is 4.42. The second-order valence-corrected chi connectivity index (χ2v) is 6.05. The molecular formula is C16H10ClN3O2S. The van der Waals surface area contributed by atoms with E-state index in [1.54, 1.807) is 24.3 Å². The van der Waals surface area contributed by atoms with Crippen LogP contribution in [-0.2, 0) is 0 Å². The summed E-state index contributed by atoms with van der Waals surface area (Å²) in [5.74, 6) is -0.0576. The number of nitrogens with one attached hydrogen (secondary N) is 1. The number of rotatable bonds is 2. The average molecular weight is 344 g/mol. The largest absolute Gasteiger partial charge is 0.451 e. The zero-order valence-electron chi connectivity index (χ0n) is 12.0. The fourth-order valence-electron chi connectivity index (χ4n) is 2.50. The van der Waals surface area contributed by atoms with Gasteiger partial charge in [-0.25, -0.2) is 0 Å². The van der Waals surface area contributed by atoms with Crippen LogP contribution in [0, 0.1) is 6.92 Å². The van der Waals surface area contributed by atoms with Gasteiger partial charge in [0, 0.05) is 16.0 Å². The van der Waals surface area contributed by atoms with Crippen LogP contribution in [0.1, 0.15) is 16.1 Å². The number of carbonyl (C=O) groups is 1. The van der Waals surface area contributed by atoms with Gasteiger partial charge in [0.15, 0.2) is 5.76 Å². The first kappa shape index (κ1) is 14.2. The van der Waals surface area contributed by atoms with E-state index in [4.69, 9.17) is 16.0 Å². The van der Waals surface area contributed by atoms with Crippen LogP contribution in [0.3, 0.4) is 0 Å². The molecule has 0 aliphatic rings. The topological polar surface area (TPSA) is 68.0 Å². The highest BCUT2D eigenvalue weighted by Gasteiger charge is 2.19. The second kappa shape index (κ2) is 5.33. The van der Waals surface area contributed by atoms with Crippen molar-refractivity contribution in [3.8, 4) is 0 Å². The molecule has 0 saturated carbocycles. The normalized spacial score (nSPS) is 11.2. The van der Waals surface area contributed by atoms with E-state index < -0.39 is 0 Å². The van der Waals surface area contributed by atoms with E-state index in [0.717, 1.165) is 28.2 Å². The molecule has 2 aromatic carbocycles. The van der Waals surface area contributed by atoms with Crippen molar-refractivity contribution in [3.05, 3.63) is 52.7 Å². The van der Waals surface area contributed by atoms with Crippen LogP contribution >= 0.6 is 23.3 Å². The van der Waals surface area contributed by atoms with Crippen molar-refractivity contribution in [1.82, 2.24) is 8.75 Å². The van der Waals surface area contributed by atoms with Gasteiger partial charge in [0.25, 0.3) is 5.91 Å². The number of aromatic nitrogens is 2. The predicted octanol–water partition coefficient (Wildman–Crippen LogP) is 4.65. The summed E-state index contributed by atoms with van der Waals surface area (Å²) in [6.45, 7) is 1.84. The molecule has 0 radical (unpaired) electrons. The van der Waals surface area contributed by atoms with Gasteiger partial charge in [-0.3, -0.25) is 4.79 Å². The van der Waals surface area contributed by atoms with Crippen molar-refractivity contribution < 1.29 is 9.21 Å². The summed E-state index contributed by atoms with van der Waals surface area (Å²) in [7, 11) is 0. The maximum absolute atomic E-state index is 12.6. The van der Waals surface area contributed by atoms with Crippen LogP contribution in [-0.4, -0.2) is 14.7 Å². The van der Waals surface area contributed by atoms with Gasteiger partial charge in [-0.1, -0.05) is 17.7 Å². The molecule has 4 rings (SSSR count). The Bertz CT molecular complexity index is 1050. The van der Waals surface area contributed by atoms with Crippen LogP contribution in [0.4, 0.5) is 5.69 Å². The molecule has 5 nitrogen and oxygen atoms in total. The van der Waals surface area contributed by atoms with Gasteiger partial charge in [-0.05, 0) is 37.3 Å². The molecule has 0 aliphatic carbocycles. The zero-order valence-corrected chi connectivity index (χ0v) is 13.5. The van der Waals surface area contributed by atoms with Crippen molar-refractivity contribution in [3.63, 3.8) is 0 Å². The third kappa shape index (κ3) is 2.36.